The van der Waals surface area contributed by atoms with Gasteiger partial charge in [-0.05, 0) is 6.08 Å². The molecule has 0 atom stereocenters. The Bertz CT molecular complexity index is 262. The molecule has 92 valence electrons. The minimum atomic E-state index is -0.772. The lowest BCUT2D eigenvalue weighted by atomic mass is 10.3. The lowest BCUT2D eigenvalue weighted by molar-refractivity contribution is -0.889. The molecule has 1 amide bonds. The van der Waals surface area contributed by atoms with E-state index in [9.17, 15) is 9.59 Å². The molecule has 0 rings (SSSR count). The molecule has 5 heteroatoms. The molecule has 16 heavy (non-hydrogen) atoms. The molecule has 0 aliphatic carbocycles. The Balaban J connectivity index is 3.69. The van der Waals surface area contributed by atoms with Crippen molar-refractivity contribution in [1.29, 1.82) is 0 Å². The van der Waals surface area contributed by atoms with Crippen LogP contribution in [-0.4, -0.2) is 55.2 Å². The molecule has 0 heterocycles. The van der Waals surface area contributed by atoms with Crippen LogP contribution in [0.2, 0.25) is 0 Å². The number of carbonyl (C=O) groups is 2. The van der Waals surface area contributed by atoms with Gasteiger partial charge in [-0.15, -0.1) is 0 Å². The number of nitrogens with one attached hydrogen (secondary N) is 1. The molecule has 0 saturated heterocycles. The Morgan fingerprint density at radius 2 is 2.00 bits per heavy atom. The minimum absolute atomic E-state index is 0.171. The molecule has 0 aliphatic heterocycles. The van der Waals surface area contributed by atoms with E-state index in [-0.39, 0.29) is 12.3 Å². The van der Waals surface area contributed by atoms with Crippen molar-refractivity contribution >= 4 is 11.9 Å². The Hall–Kier alpha value is -1.36. The van der Waals surface area contributed by atoms with E-state index in [1.54, 1.807) is 0 Å². The maximum absolute atomic E-state index is 10.8. The first-order valence-corrected chi connectivity index (χ1v) is 5.31. The van der Waals surface area contributed by atoms with Crippen LogP contribution in [0.25, 0.3) is 0 Å². The van der Waals surface area contributed by atoms with Crippen molar-refractivity contribution < 1.29 is 19.2 Å². The zero-order chi connectivity index (χ0) is 12.6. The normalized spacial score (nSPS) is 10.9. The summed E-state index contributed by atoms with van der Waals surface area (Å²) in [5.41, 5.74) is 0. The van der Waals surface area contributed by atoms with Crippen LogP contribution in [0.4, 0.5) is 0 Å². The molecule has 2 N–H and O–H groups in total. The van der Waals surface area contributed by atoms with Crippen molar-refractivity contribution in [2.75, 3.05) is 33.7 Å². The maximum Gasteiger partial charge on any atom is 0.309 e. The molecule has 0 radical (unpaired) electrons. The van der Waals surface area contributed by atoms with Crippen molar-refractivity contribution in [2.24, 2.45) is 0 Å². The summed E-state index contributed by atoms with van der Waals surface area (Å²) in [6, 6.07) is 0. The monoisotopic (exact) mass is 229 g/mol. The molecule has 0 aromatic rings. The number of hydrogen-bond donors (Lipinski definition) is 2. The topological polar surface area (TPSA) is 66.4 Å². The Morgan fingerprint density at radius 1 is 1.38 bits per heavy atom. The van der Waals surface area contributed by atoms with Crippen LogP contribution in [0.15, 0.2) is 12.7 Å². The van der Waals surface area contributed by atoms with E-state index in [2.05, 4.69) is 11.9 Å². The number of carboxylic acid groups (broad SMARTS) is 1. The molecule has 0 bridgehead atoms. The molecule has 0 saturated carbocycles. The fraction of sp³-hybridized carbons (Fsp3) is 0.636. The number of aliphatic carboxylic acids is 1. The van der Waals surface area contributed by atoms with Crippen LogP contribution >= 0.6 is 0 Å². The van der Waals surface area contributed by atoms with Gasteiger partial charge in [-0.25, -0.2) is 0 Å². The molecule has 0 unspecified atom stereocenters. The fourth-order valence-electron chi connectivity index (χ4n) is 1.30. The predicted molar refractivity (Wildman–Crippen MR) is 61.9 cm³/mol. The van der Waals surface area contributed by atoms with E-state index in [1.807, 2.05) is 14.1 Å². The lowest BCUT2D eigenvalue weighted by Gasteiger charge is -2.29. The van der Waals surface area contributed by atoms with Crippen molar-refractivity contribution in [3.05, 3.63) is 12.7 Å². The number of hydrogen-bond acceptors (Lipinski definition) is 2. The summed E-state index contributed by atoms with van der Waals surface area (Å²) >= 11 is 0. The summed E-state index contributed by atoms with van der Waals surface area (Å²) in [6.07, 6.45) is 2.24. The zero-order valence-electron chi connectivity index (χ0n) is 10.0. The molecular weight excluding hydrogens is 208 g/mol. The first-order valence-electron chi connectivity index (χ1n) is 5.31. The third-order valence-electron chi connectivity index (χ3n) is 2.36. The van der Waals surface area contributed by atoms with Gasteiger partial charge in [0.2, 0.25) is 5.91 Å². The molecule has 5 nitrogen and oxygen atoms in total. The van der Waals surface area contributed by atoms with Crippen molar-refractivity contribution in [3.8, 4) is 0 Å². The zero-order valence-corrected chi connectivity index (χ0v) is 10.0. The highest BCUT2D eigenvalue weighted by molar-refractivity contribution is 5.86. The van der Waals surface area contributed by atoms with Gasteiger partial charge in [0.1, 0.15) is 0 Å². The largest absolute Gasteiger partial charge is 0.481 e. The first kappa shape index (κ1) is 14.6. The van der Waals surface area contributed by atoms with E-state index in [0.717, 1.165) is 13.0 Å². The van der Waals surface area contributed by atoms with Crippen LogP contribution < -0.4 is 5.32 Å². The molecular formula is C11H21N2O3+. The Morgan fingerprint density at radius 3 is 2.50 bits per heavy atom. The summed E-state index contributed by atoms with van der Waals surface area (Å²) < 4.78 is 0.649. The standard InChI is InChI=1S/C11H20N2O3/c1-4-10(14)12-7-5-8-13(2,3)9-6-11(15)16/h4H,1,5-9H2,2-3H3,(H-,12,14,15,16)/p+1. The van der Waals surface area contributed by atoms with Crippen LogP contribution in [0.1, 0.15) is 12.8 Å². The smallest absolute Gasteiger partial charge is 0.309 e. The van der Waals surface area contributed by atoms with Gasteiger partial charge >= 0.3 is 5.97 Å². The number of carbonyl (C=O) groups excluding carboxylic acids is 1. The number of quaternary nitrogens is 1. The quantitative estimate of drug-likeness (QED) is 0.356. The molecule has 0 fully saturated rings. The summed E-state index contributed by atoms with van der Waals surface area (Å²) in [6.45, 7) is 5.39. The van der Waals surface area contributed by atoms with Gasteiger partial charge in [0, 0.05) is 13.0 Å². The number of nitrogens with zero attached hydrogens (tertiary/aromatic N) is 1. The van der Waals surface area contributed by atoms with Crippen molar-refractivity contribution in [1.82, 2.24) is 5.32 Å². The molecule has 0 aromatic carbocycles. The van der Waals surface area contributed by atoms with Crippen molar-refractivity contribution in [3.63, 3.8) is 0 Å². The van der Waals surface area contributed by atoms with Gasteiger partial charge < -0.3 is 14.9 Å². The van der Waals surface area contributed by atoms with E-state index < -0.39 is 5.97 Å². The van der Waals surface area contributed by atoms with Crippen LogP contribution in [-0.2, 0) is 9.59 Å². The minimum Gasteiger partial charge on any atom is -0.481 e. The second kappa shape index (κ2) is 7.00. The highest BCUT2D eigenvalue weighted by Gasteiger charge is 2.15. The van der Waals surface area contributed by atoms with Crippen molar-refractivity contribution in [2.45, 2.75) is 12.8 Å². The second-order valence-electron chi connectivity index (χ2n) is 4.38. The number of amides is 1. The fourth-order valence-corrected chi connectivity index (χ4v) is 1.30. The van der Waals surface area contributed by atoms with E-state index in [1.165, 1.54) is 6.08 Å². The average molecular weight is 229 g/mol. The second-order valence-corrected chi connectivity index (χ2v) is 4.38. The number of carboxylic acids is 1. The van der Waals surface area contributed by atoms with Gasteiger partial charge in [-0.3, -0.25) is 9.59 Å². The van der Waals surface area contributed by atoms with E-state index >= 15 is 0 Å². The van der Waals surface area contributed by atoms with Gasteiger partial charge in [0.15, 0.2) is 0 Å². The Labute approximate surface area is 96.3 Å². The van der Waals surface area contributed by atoms with E-state index in [0.29, 0.717) is 17.6 Å². The summed E-state index contributed by atoms with van der Waals surface area (Å²) in [5.74, 6) is -0.943. The van der Waals surface area contributed by atoms with Gasteiger partial charge in [0.05, 0.1) is 33.6 Å². The third-order valence-corrected chi connectivity index (χ3v) is 2.36. The summed E-state index contributed by atoms with van der Waals surface area (Å²) in [4.78, 5) is 21.3. The third kappa shape index (κ3) is 7.99. The highest BCUT2D eigenvalue weighted by atomic mass is 16.4. The van der Waals surface area contributed by atoms with E-state index in [4.69, 9.17) is 5.11 Å². The lowest BCUT2D eigenvalue weighted by Crippen LogP contribution is -2.43. The highest BCUT2D eigenvalue weighted by Crippen LogP contribution is 2.00. The summed E-state index contributed by atoms with van der Waals surface area (Å²) in [7, 11) is 3.97. The van der Waals surface area contributed by atoms with Crippen LogP contribution in [0.5, 0.6) is 0 Å². The predicted octanol–water partition coefficient (Wildman–Crippen LogP) is 0.230. The Kier molecular flexibility index (Phi) is 6.41. The average Bonchev–Trinajstić information content (AvgIpc) is 2.21. The maximum atomic E-state index is 10.8. The number of rotatable bonds is 8. The van der Waals surface area contributed by atoms with Gasteiger partial charge in [-0.1, -0.05) is 6.58 Å². The van der Waals surface area contributed by atoms with Crippen LogP contribution in [0, 0.1) is 0 Å². The van der Waals surface area contributed by atoms with Crippen LogP contribution in [0.3, 0.4) is 0 Å². The first-order chi connectivity index (χ1) is 7.37. The SMILES string of the molecule is C=CC(=O)NCCC[N+](C)(C)CCC(=O)O. The molecule has 0 spiro atoms. The van der Waals surface area contributed by atoms with Gasteiger partial charge in [0.25, 0.3) is 0 Å². The van der Waals surface area contributed by atoms with Gasteiger partial charge in [-0.2, -0.15) is 0 Å². The summed E-state index contributed by atoms with van der Waals surface area (Å²) in [5, 5.41) is 11.3. The molecule has 0 aliphatic rings. The molecule has 0 aromatic heterocycles.